The average Bonchev–Trinajstić information content (AvgIpc) is 2.86. The molecule has 0 aliphatic rings. The molecule has 1 unspecified atom stereocenters. The van der Waals surface area contributed by atoms with Gasteiger partial charge < -0.3 is 14.6 Å². The second-order valence-electron chi connectivity index (χ2n) is 4.82. The lowest BCUT2D eigenvalue weighted by molar-refractivity contribution is 0.190. The van der Waals surface area contributed by atoms with Crippen LogP contribution in [0.3, 0.4) is 0 Å². The van der Waals surface area contributed by atoms with Crippen molar-refractivity contribution < 1.29 is 4.74 Å². The van der Waals surface area contributed by atoms with Crippen molar-refractivity contribution in [3.8, 4) is 0 Å². The van der Waals surface area contributed by atoms with E-state index in [0.29, 0.717) is 6.61 Å². The van der Waals surface area contributed by atoms with Gasteiger partial charge in [-0.15, -0.1) is 0 Å². The highest BCUT2D eigenvalue weighted by Crippen LogP contribution is 2.12. The summed E-state index contributed by atoms with van der Waals surface area (Å²) in [6, 6.07) is 8.19. The van der Waals surface area contributed by atoms with E-state index >= 15 is 0 Å². The van der Waals surface area contributed by atoms with Gasteiger partial charge in [0.1, 0.15) is 0 Å². The molecule has 2 rings (SSSR count). The Morgan fingerprint density at radius 3 is 2.80 bits per heavy atom. The largest absolute Gasteiger partial charge is 0.383 e. The quantitative estimate of drug-likeness (QED) is 0.852. The molecule has 1 aromatic carbocycles. The topological polar surface area (TPSA) is 39.1 Å². The summed E-state index contributed by atoms with van der Waals surface area (Å²) in [5.74, 6) is 0.878. The zero-order chi connectivity index (χ0) is 14.4. The van der Waals surface area contributed by atoms with Gasteiger partial charge in [-0.25, -0.2) is 4.98 Å². The van der Waals surface area contributed by atoms with Gasteiger partial charge in [-0.05, 0) is 31.0 Å². The molecule has 0 radical (unpaired) electrons. The van der Waals surface area contributed by atoms with Crippen molar-refractivity contribution in [1.29, 1.82) is 0 Å². The number of halogens is 1. The maximum absolute atomic E-state index is 5.89. The van der Waals surface area contributed by atoms with E-state index < -0.39 is 0 Å². The normalized spacial score (nSPS) is 12.3. The molecule has 1 atom stereocenters. The Balaban J connectivity index is 1.93. The monoisotopic (exact) mass is 293 g/mol. The zero-order valence-electron chi connectivity index (χ0n) is 11.8. The van der Waals surface area contributed by atoms with E-state index in [9.17, 15) is 0 Å². The molecule has 1 heterocycles. The van der Waals surface area contributed by atoms with Crippen molar-refractivity contribution in [2.24, 2.45) is 0 Å². The molecule has 5 heteroatoms. The third-order valence-corrected chi connectivity index (χ3v) is 3.31. The van der Waals surface area contributed by atoms with Crippen LogP contribution in [0.4, 0.5) is 5.95 Å². The highest BCUT2D eigenvalue weighted by atomic mass is 35.5. The second kappa shape index (κ2) is 7.31. The molecule has 20 heavy (non-hydrogen) atoms. The fourth-order valence-corrected chi connectivity index (χ4v) is 2.17. The van der Waals surface area contributed by atoms with E-state index in [1.54, 1.807) is 7.11 Å². The van der Waals surface area contributed by atoms with E-state index in [0.717, 1.165) is 23.9 Å². The summed E-state index contributed by atoms with van der Waals surface area (Å²) in [5, 5.41) is 4.11. The van der Waals surface area contributed by atoms with Crippen LogP contribution in [0.25, 0.3) is 0 Å². The third-order valence-electron chi connectivity index (χ3n) is 3.06. The lowest BCUT2D eigenvalue weighted by atomic mass is 10.1. The minimum Gasteiger partial charge on any atom is -0.383 e. The van der Waals surface area contributed by atoms with Crippen LogP contribution in [0.15, 0.2) is 36.7 Å². The summed E-state index contributed by atoms with van der Waals surface area (Å²) >= 11 is 5.89. The van der Waals surface area contributed by atoms with E-state index in [4.69, 9.17) is 16.3 Å². The number of benzene rings is 1. The molecule has 0 saturated carbocycles. The van der Waals surface area contributed by atoms with Gasteiger partial charge in [-0.3, -0.25) is 0 Å². The first-order chi connectivity index (χ1) is 9.69. The molecule has 1 aromatic heterocycles. The van der Waals surface area contributed by atoms with Gasteiger partial charge in [0.25, 0.3) is 0 Å². The standard InChI is InChI=1S/C15H20ClN3O/c1-12(11-20-2)18-15-17-8-10-19(15)9-7-13-3-5-14(16)6-4-13/h3-6,8,10,12H,7,9,11H2,1-2H3,(H,17,18). The molecule has 0 amide bonds. The van der Waals surface area contributed by atoms with Gasteiger partial charge in [0, 0.05) is 37.1 Å². The number of hydrogen-bond acceptors (Lipinski definition) is 3. The minimum absolute atomic E-state index is 0.233. The highest BCUT2D eigenvalue weighted by Gasteiger charge is 2.07. The Kier molecular flexibility index (Phi) is 5.44. The maximum Gasteiger partial charge on any atom is 0.203 e. The Labute approximate surface area is 124 Å². The number of methoxy groups -OCH3 is 1. The van der Waals surface area contributed by atoms with Crippen molar-refractivity contribution >= 4 is 17.5 Å². The average molecular weight is 294 g/mol. The molecule has 0 spiro atoms. The van der Waals surface area contributed by atoms with Crippen molar-refractivity contribution in [3.63, 3.8) is 0 Å². The molecular formula is C15H20ClN3O. The zero-order valence-corrected chi connectivity index (χ0v) is 12.6. The predicted octanol–water partition coefficient (Wildman–Crippen LogP) is 3.23. The molecule has 0 bridgehead atoms. The number of imidazole rings is 1. The Morgan fingerprint density at radius 2 is 2.10 bits per heavy atom. The highest BCUT2D eigenvalue weighted by molar-refractivity contribution is 6.30. The summed E-state index contributed by atoms with van der Waals surface area (Å²) in [6.45, 7) is 3.61. The number of anilines is 1. The molecule has 1 N–H and O–H groups in total. The maximum atomic E-state index is 5.89. The van der Waals surface area contributed by atoms with Crippen molar-refractivity contribution in [2.75, 3.05) is 19.0 Å². The van der Waals surface area contributed by atoms with E-state index in [1.165, 1.54) is 5.56 Å². The van der Waals surface area contributed by atoms with Crippen LogP contribution in [-0.4, -0.2) is 29.3 Å². The summed E-state index contributed by atoms with van der Waals surface area (Å²) in [4.78, 5) is 4.34. The van der Waals surface area contributed by atoms with Crippen LogP contribution in [0, 0.1) is 0 Å². The van der Waals surface area contributed by atoms with Gasteiger partial charge in [0.05, 0.1) is 6.61 Å². The van der Waals surface area contributed by atoms with Crippen molar-refractivity contribution in [1.82, 2.24) is 9.55 Å². The minimum atomic E-state index is 0.233. The molecule has 2 aromatic rings. The molecule has 0 fully saturated rings. The SMILES string of the molecule is COCC(C)Nc1nccn1CCc1ccc(Cl)cc1. The summed E-state index contributed by atoms with van der Waals surface area (Å²) < 4.78 is 7.23. The van der Waals surface area contributed by atoms with Gasteiger partial charge in [-0.2, -0.15) is 0 Å². The molecule has 0 saturated heterocycles. The van der Waals surface area contributed by atoms with E-state index in [1.807, 2.05) is 24.5 Å². The first-order valence-electron chi connectivity index (χ1n) is 6.70. The van der Waals surface area contributed by atoms with Gasteiger partial charge in [0.2, 0.25) is 5.95 Å². The smallest absolute Gasteiger partial charge is 0.203 e. The molecule has 4 nitrogen and oxygen atoms in total. The van der Waals surface area contributed by atoms with Crippen LogP contribution >= 0.6 is 11.6 Å². The summed E-state index contributed by atoms with van der Waals surface area (Å²) in [7, 11) is 1.70. The molecular weight excluding hydrogens is 274 g/mol. The number of nitrogens with zero attached hydrogens (tertiary/aromatic N) is 2. The Bertz CT molecular complexity index is 524. The molecule has 0 aliphatic carbocycles. The van der Waals surface area contributed by atoms with Crippen LogP contribution in [0.5, 0.6) is 0 Å². The van der Waals surface area contributed by atoms with Crippen molar-refractivity contribution in [2.45, 2.75) is 25.9 Å². The van der Waals surface area contributed by atoms with E-state index in [-0.39, 0.29) is 6.04 Å². The summed E-state index contributed by atoms with van der Waals surface area (Å²) in [5.41, 5.74) is 1.26. The number of hydrogen-bond donors (Lipinski definition) is 1. The van der Waals surface area contributed by atoms with Crippen LogP contribution < -0.4 is 5.32 Å². The predicted molar refractivity (Wildman–Crippen MR) is 82.3 cm³/mol. The van der Waals surface area contributed by atoms with Gasteiger partial charge in [-0.1, -0.05) is 23.7 Å². The first-order valence-corrected chi connectivity index (χ1v) is 7.08. The molecule has 0 aliphatic heterocycles. The number of ether oxygens (including phenoxy) is 1. The van der Waals surface area contributed by atoms with Gasteiger partial charge >= 0.3 is 0 Å². The number of nitrogens with one attached hydrogen (secondary N) is 1. The van der Waals surface area contributed by atoms with Crippen LogP contribution in [0.1, 0.15) is 12.5 Å². The Morgan fingerprint density at radius 1 is 1.35 bits per heavy atom. The lowest BCUT2D eigenvalue weighted by Gasteiger charge is -2.15. The molecule has 108 valence electrons. The Hall–Kier alpha value is -1.52. The number of aryl methyl sites for hydroxylation is 2. The van der Waals surface area contributed by atoms with Crippen LogP contribution in [-0.2, 0) is 17.7 Å². The fraction of sp³-hybridized carbons (Fsp3) is 0.400. The number of aromatic nitrogens is 2. The lowest BCUT2D eigenvalue weighted by Crippen LogP contribution is -2.23. The number of rotatable bonds is 7. The third kappa shape index (κ3) is 4.25. The van der Waals surface area contributed by atoms with E-state index in [2.05, 4.69) is 33.9 Å². The fourth-order valence-electron chi connectivity index (χ4n) is 2.04. The second-order valence-corrected chi connectivity index (χ2v) is 5.26. The van der Waals surface area contributed by atoms with Gasteiger partial charge in [0.15, 0.2) is 0 Å². The van der Waals surface area contributed by atoms with Crippen LogP contribution in [0.2, 0.25) is 5.02 Å². The van der Waals surface area contributed by atoms with Crippen molar-refractivity contribution in [3.05, 3.63) is 47.2 Å². The summed E-state index contributed by atoms with van der Waals surface area (Å²) in [6.07, 6.45) is 4.74. The first kappa shape index (κ1) is 14.9.